The first-order valence-corrected chi connectivity index (χ1v) is 4.33. The zero-order valence-electron chi connectivity index (χ0n) is 8.67. The van der Waals surface area contributed by atoms with Gasteiger partial charge in [-0.1, -0.05) is 0 Å². The number of phenols is 1. The monoisotopic (exact) mass is 280 g/mol. The number of rotatable bonds is 3. The van der Waals surface area contributed by atoms with Crippen LogP contribution in [-0.4, -0.2) is 26.9 Å². The number of non-ortho nitro benzene ring substituents is 1. The van der Waals surface area contributed by atoms with Crippen LogP contribution in [0.15, 0.2) is 12.1 Å². The van der Waals surface area contributed by atoms with Crippen LogP contribution in [0.5, 0.6) is 5.75 Å². The smallest absolute Gasteiger partial charge is 0.455 e. The molecule has 0 bridgehead atoms. The normalized spacial score (nSPS) is 11.1. The number of hydrogen-bond donors (Lipinski definition) is 1. The van der Waals surface area contributed by atoms with Crippen LogP contribution in [0.1, 0.15) is 10.4 Å². The van der Waals surface area contributed by atoms with Crippen molar-refractivity contribution in [1.82, 2.24) is 0 Å². The summed E-state index contributed by atoms with van der Waals surface area (Å²) in [6, 6.07) is 0.376. The van der Waals surface area contributed by atoms with Gasteiger partial charge in [-0.05, 0) is 0 Å². The third-order valence-electron chi connectivity index (χ3n) is 1.98. The molecule has 0 saturated carbocycles. The zero-order chi connectivity index (χ0) is 15.0. The van der Waals surface area contributed by atoms with E-state index in [-0.39, 0.29) is 12.1 Å². The second-order valence-electron chi connectivity index (χ2n) is 3.20. The van der Waals surface area contributed by atoms with E-state index in [0.717, 1.165) is 0 Å². The molecule has 0 heterocycles. The fourth-order valence-electron chi connectivity index (χ4n) is 1.17. The summed E-state index contributed by atoms with van der Waals surface area (Å²) in [6.45, 7) is 0. The van der Waals surface area contributed by atoms with E-state index in [1.165, 1.54) is 0 Å². The van der Waals surface area contributed by atoms with Crippen LogP contribution < -0.4 is 0 Å². The third kappa shape index (κ3) is 2.75. The van der Waals surface area contributed by atoms with Crippen molar-refractivity contribution >= 4 is 17.2 Å². The summed E-state index contributed by atoms with van der Waals surface area (Å²) in [7, 11) is 0. The summed E-state index contributed by atoms with van der Waals surface area (Å²) in [5.74, 6) is -4.19. The van der Waals surface area contributed by atoms with Crippen molar-refractivity contribution in [2.45, 2.75) is 6.18 Å². The molecule has 0 saturated heterocycles. The number of aromatic hydroxyl groups is 1. The van der Waals surface area contributed by atoms with Gasteiger partial charge in [0.25, 0.3) is 11.5 Å². The fourth-order valence-corrected chi connectivity index (χ4v) is 1.17. The summed E-state index contributed by atoms with van der Waals surface area (Å²) in [5.41, 5.74) is -4.02. The molecule has 8 nitrogen and oxygen atoms in total. The van der Waals surface area contributed by atoms with E-state index in [1.807, 2.05) is 0 Å². The molecule has 0 atom stereocenters. The van der Waals surface area contributed by atoms with Gasteiger partial charge in [0.15, 0.2) is 0 Å². The molecule has 0 fully saturated rings. The summed E-state index contributed by atoms with van der Waals surface area (Å²) in [4.78, 5) is 29.2. The number of phenolic OH excluding ortho intramolecular Hbond substituents is 1. The number of halogens is 3. The lowest BCUT2D eigenvalue weighted by Gasteiger charge is -2.07. The first kappa shape index (κ1) is 14.3. The minimum Gasteiger partial charge on any atom is -0.502 e. The average Bonchev–Trinajstić information content (AvgIpc) is 2.26. The number of carbonyl (C=O) groups excluding carboxylic acids is 1. The molecule has 0 spiro atoms. The van der Waals surface area contributed by atoms with Crippen LogP contribution in [0.2, 0.25) is 0 Å². The molecule has 1 aromatic carbocycles. The lowest BCUT2D eigenvalue weighted by molar-refractivity contribution is -0.394. The van der Waals surface area contributed by atoms with Crippen molar-refractivity contribution in [1.29, 1.82) is 0 Å². The minimum atomic E-state index is -5.43. The highest BCUT2D eigenvalue weighted by atomic mass is 19.4. The standard InChI is InChI=1S/C8H3F3N2O6/c9-8(10,11)7(15)4-1-3(12(16)17)2-5(6(4)14)13(18)19/h1-2,14H. The van der Waals surface area contributed by atoms with Gasteiger partial charge in [-0.15, -0.1) is 0 Å². The number of carbonyl (C=O) groups is 1. The number of alkyl halides is 3. The number of nitro groups is 2. The molecule has 0 aliphatic carbocycles. The van der Waals surface area contributed by atoms with Crippen molar-refractivity contribution in [3.8, 4) is 5.75 Å². The first-order chi connectivity index (χ1) is 8.55. The first-order valence-electron chi connectivity index (χ1n) is 4.33. The lowest BCUT2D eigenvalue weighted by atomic mass is 10.1. The Morgan fingerprint density at radius 1 is 1.16 bits per heavy atom. The van der Waals surface area contributed by atoms with Gasteiger partial charge in [0.05, 0.1) is 21.5 Å². The number of nitrogens with zero attached hydrogens (tertiary/aromatic N) is 2. The molecule has 1 N–H and O–H groups in total. The number of hydrogen-bond acceptors (Lipinski definition) is 6. The van der Waals surface area contributed by atoms with Crippen molar-refractivity contribution < 1.29 is 32.9 Å². The average molecular weight is 280 g/mol. The maximum Gasteiger partial charge on any atom is 0.455 e. The van der Waals surface area contributed by atoms with E-state index in [4.69, 9.17) is 0 Å². The van der Waals surface area contributed by atoms with Gasteiger partial charge in [-0.3, -0.25) is 25.0 Å². The lowest BCUT2D eigenvalue weighted by Crippen LogP contribution is -2.23. The molecule has 1 rings (SSSR count). The second-order valence-corrected chi connectivity index (χ2v) is 3.20. The van der Waals surface area contributed by atoms with Crippen LogP contribution in [0.25, 0.3) is 0 Å². The fraction of sp³-hybridized carbons (Fsp3) is 0.125. The zero-order valence-corrected chi connectivity index (χ0v) is 8.67. The molecule has 11 heteroatoms. The molecule has 19 heavy (non-hydrogen) atoms. The molecular weight excluding hydrogens is 277 g/mol. The molecule has 0 radical (unpaired) electrons. The minimum absolute atomic E-state index is 0.123. The quantitative estimate of drug-likeness (QED) is 0.512. The van der Waals surface area contributed by atoms with Gasteiger partial charge in [-0.2, -0.15) is 13.2 Å². The molecular formula is C8H3F3N2O6. The van der Waals surface area contributed by atoms with Crippen molar-refractivity contribution in [3.63, 3.8) is 0 Å². The van der Waals surface area contributed by atoms with Crippen LogP contribution in [0.4, 0.5) is 24.5 Å². The van der Waals surface area contributed by atoms with E-state index >= 15 is 0 Å². The number of nitro benzene ring substituents is 2. The molecule has 0 aliphatic rings. The van der Waals surface area contributed by atoms with Gasteiger partial charge >= 0.3 is 11.9 Å². The highest BCUT2D eigenvalue weighted by Crippen LogP contribution is 2.37. The van der Waals surface area contributed by atoms with E-state index < -0.39 is 44.5 Å². The molecule has 0 unspecified atom stereocenters. The number of benzene rings is 1. The number of Topliss-reactive ketones (excluding diaryl/α,β-unsaturated/α-hetero) is 1. The van der Waals surface area contributed by atoms with Gasteiger partial charge < -0.3 is 5.11 Å². The van der Waals surface area contributed by atoms with Crippen LogP contribution >= 0.6 is 0 Å². The van der Waals surface area contributed by atoms with Gasteiger partial charge in [0.2, 0.25) is 5.75 Å². The highest BCUT2D eigenvalue weighted by Gasteiger charge is 2.43. The van der Waals surface area contributed by atoms with E-state index in [9.17, 15) is 43.3 Å². The predicted octanol–water partition coefficient (Wildman–Crippen LogP) is 1.95. The predicted molar refractivity (Wildman–Crippen MR) is 51.8 cm³/mol. The Balaban J connectivity index is 3.60. The second kappa shape index (κ2) is 4.51. The van der Waals surface area contributed by atoms with Crippen molar-refractivity contribution in [2.75, 3.05) is 0 Å². The largest absolute Gasteiger partial charge is 0.502 e. The SMILES string of the molecule is O=C(c1cc([N+](=O)[O-])cc([N+](=O)[O-])c1O)C(F)(F)F. The Kier molecular flexibility index (Phi) is 3.41. The van der Waals surface area contributed by atoms with Gasteiger partial charge in [0.1, 0.15) is 0 Å². The highest BCUT2D eigenvalue weighted by molar-refractivity contribution is 6.04. The Bertz CT molecular complexity index is 583. The third-order valence-corrected chi connectivity index (χ3v) is 1.98. The summed E-state index contributed by atoms with van der Waals surface area (Å²) >= 11 is 0. The molecule has 1 aromatic rings. The van der Waals surface area contributed by atoms with E-state index in [0.29, 0.717) is 0 Å². The van der Waals surface area contributed by atoms with Crippen LogP contribution in [0, 0.1) is 20.2 Å². The van der Waals surface area contributed by atoms with E-state index in [1.54, 1.807) is 0 Å². The maximum atomic E-state index is 12.2. The summed E-state index contributed by atoms with van der Waals surface area (Å²) in [6.07, 6.45) is -5.43. The van der Waals surface area contributed by atoms with Crippen LogP contribution in [0.3, 0.4) is 0 Å². The Hall–Kier alpha value is -2.72. The number of ketones is 1. The Labute approximate surface area is 101 Å². The van der Waals surface area contributed by atoms with Crippen molar-refractivity contribution in [3.05, 3.63) is 37.9 Å². The van der Waals surface area contributed by atoms with Crippen LogP contribution in [-0.2, 0) is 0 Å². The summed E-state index contributed by atoms with van der Waals surface area (Å²) in [5, 5.41) is 30.1. The summed E-state index contributed by atoms with van der Waals surface area (Å²) < 4.78 is 36.5. The topological polar surface area (TPSA) is 124 Å². The molecule has 0 aliphatic heterocycles. The molecule has 102 valence electrons. The van der Waals surface area contributed by atoms with Crippen molar-refractivity contribution in [2.24, 2.45) is 0 Å². The van der Waals surface area contributed by atoms with E-state index in [2.05, 4.69) is 0 Å². The Morgan fingerprint density at radius 2 is 1.68 bits per heavy atom. The molecule has 0 amide bonds. The Morgan fingerprint density at radius 3 is 2.05 bits per heavy atom. The molecule has 0 aromatic heterocycles. The maximum absolute atomic E-state index is 12.2. The van der Waals surface area contributed by atoms with Gasteiger partial charge in [-0.25, -0.2) is 0 Å². The van der Waals surface area contributed by atoms with Gasteiger partial charge in [0, 0.05) is 6.07 Å².